The molecule has 2 aromatic carbocycles. The van der Waals surface area contributed by atoms with Crippen LogP contribution >= 0.6 is 11.8 Å². The highest BCUT2D eigenvalue weighted by atomic mass is 32.2. The Labute approximate surface area is 176 Å². The van der Waals surface area contributed by atoms with Gasteiger partial charge in [-0.25, -0.2) is 4.79 Å². The third-order valence-electron chi connectivity index (χ3n) is 4.21. The summed E-state index contributed by atoms with van der Waals surface area (Å²) >= 11 is 1.04. The minimum Gasteiger partial charge on any atom is -0.504 e. The molecule has 0 radical (unpaired) electrons. The molecule has 1 amide bonds. The SMILES string of the molecule is [2H]Oc1ccc(C(NC(=O)C(CSC(C)=O)Cc2ccccc2)C(=O)OC)cc1O[2H]. The molecular formula is C21H23NO6S. The van der Waals surface area contributed by atoms with Gasteiger partial charge in [0, 0.05) is 12.7 Å². The topological polar surface area (TPSA) is 113 Å². The lowest BCUT2D eigenvalue weighted by Gasteiger charge is -2.21. The van der Waals surface area contributed by atoms with Crippen molar-refractivity contribution in [2.24, 2.45) is 5.92 Å². The van der Waals surface area contributed by atoms with Gasteiger partial charge in [-0.1, -0.05) is 48.2 Å². The highest BCUT2D eigenvalue weighted by Gasteiger charge is 2.28. The van der Waals surface area contributed by atoms with Crippen molar-refractivity contribution in [3.05, 3.63) is 59.7 Å². The van der Waals surface area contributed by atoms with Crippen molar-refractivity contribution in [2.75, 3.05) is 12.9 Å². The van der Waals surface area contributed by atoms with E-state index >= 15 is 0 Å². The Morgan fingerprint density at radius 3 is 2.48 bits per heavy atom. The summed E-state index contributed by atoms with van der Waals surface area (Å²) in [7, 11) is 1.19. The molecule has 0 saturated carbocycles. The Morgan fingerprint density at radius 1 is 1.14 bits per heavy atom. The zero-order valence-corrected chi connectivity index (χ0v) is 16.9. The van der Waals surface area contributed by atoms with Crippen LogP contribution in [0.2, 0.25) is 0 Å². The minimum atomic E-state index is -1.17. The van der Waals surface area contributed by atoms with E-state index in [1.807, 2.05) is 30.3 Å². The number of phenolic OH excluding ortho intramolecular Hbond substituents is 2. The fourth-order valence-corrected chi connectivity index (χ4v) is 3.41. The molecule has 0 heterocycles. The molecule has 2 rings (SSSR count). The second kappa shape index (κ2) is 10.5. The number of phenols is 2. The number of carbonyl (C=O) groups is 3. The number of hydrogen-bond donors (Lipinski definition) is 3. The van der Waals surface area contributed by atoms with Gasteiger partial charge in [-0.05, 0) is 29.7 Å². The maximum atomic E-state index is 13.1. The lowest BCUT2D eigenvalue weighted by molar-refractivity contribution is -0.145. The van der Waals surface area contributed by atoms with Crippen molar-refractivity contribution < 1.29 is 29.3 Å². The first-order valence-corrected chi connectivity index (χ1v) is 9.83. The van der Waals surface area contributed by atoms with Crippen LogP contribution in [0.3, 0.4) is 0 Å². The number of thioether (sulfide) groups is 1. The molecule has 0 aliphatic heterocycles. The fraction of sp³-hybridized carbons (Fsp3) is 0.286. The van der Waals surface area contributed by atoms with Gasteiger partial charge in [-0.15, -0.1) is 0 Å². The number of ether oxygens (including phenoxy) is 1. The summed E-state index contributed by atoms with van der Waals surface area (Å²) in [6, 6.07) is 12.3. The summed E-state index contributed by atoms with van der Waals surface area (Å²) in [5.41, 5.74) is 1.21. The summed E-state index contributed by atoms with van der Waals surface area (Å²) in [6.45, 7) is 1.43. The minimum absolute atomic E-state index is 0.0199. The quantitative estimate of drug-likeness (QED) is 0.401. The van der Waals surface area contributed by atoms with Gasteiger partial charge in [0.15, 0.2) is 22.7 Å². The Balaban J connectivity index is 2.28. The summed E-state index contributed by atoms with van der Waals surface area (Å²) in [5, 5.41) is 11.4. The zero-order valence-electron chi connectivity index (χ0n) is 18.0. The fourth-order valence-electron chi connectivity index (χ4n) is 2.70. The average molecular weight is 419 g/mol. The summed E-state index contributed by atoms with van der Waals surface area (Å²) in [4.78, 5) is 36.9. The summed E-state index contributed by atoms with van der Waals surface area (Å²) < 4.78 is 18.9. The average Bonchev–Trinajstić information content (AvgIpc) is 2.79. The first-order valence-electron chi connectivity index (χ1n) is 9.67. The highest BCUT2D eigenvalue weighted by Crippen LogP contribution is 2.28. The summed E-state index contributed by atoms with van der Waals surface area (Å²) in [5.74, 6) is -1.59. The second-order valence-electron chi connectivity index (χ2n) is 6.36. The molecule has 0 aromatic heterocycles. The van der Waals surface area contributed by atoms with Crippen molar-refractivity contribution in [2.45, 2.75) is 19.4 Å². The van der Waals surface area contributed by atoms with E-state index in [1.165, 1.54) is 32.2 Å². The molecule has 154 valence electrons. The molecule has 7 nitrogen and oxygen atoms in total. The maximum Gasteiger partial charge on any atom is 0.333 e. The smallest absolute Gasteiger partial charge is 0.333 e. The van der Waals surface area contributed by atoms with E-state index in [0.29, 0.717) is 12.0 Å². The predicted molar refractivity (Wildman–Crippen MR) is 109 cm³/mol. The van der Waals surface area contributed by atoms with Gasteiger partial charge in [0.05, 0.1) is 13.0 Å². The molecule has 29 heavy (non-hydrogen) atoms. The van der Waals surface area contributed by atoms with Crippen LogP contribution in [0.15, 0.2) is 48.5 Å². The number of methoxy groups -OCH3 is 1. The molecule has 3 N–H and O–H groups in total. The van der Waals surface area contributed by atoms with Crippen molar-refractivity contribution in [1.29, 1.82) is 2.86 Å². The molecule has 0 spiro atoms. The van der Waals surface area contributed by atoms with Crippen LogP contribution in [-0.4, -0.2) is 42.9 Å². The van der Waals surface area contributed by atoms with Gasteiger partial charge in [-0.2, -0.15) is 0 Å². The molecule has 0 aliphatic carbocycles. The molecule has 2 unspecified atom stereocenters. The number of benzene rings is 2. The largest absolute Gasteiger partial charge is 0.504 e. The first-order chi connectivity index (χ1) is 14.9. The standard InChI is InChI=1S/C21H23NO6S/c1-13(23)29-12-16(10-14-6-4-3-5-7-14)20(26)22-19(21(27)28-2)15-8-9-17(24)18(25)11-15/h3-9,11,16,19,24-25H,10,12H2,1-2H3,(H,22,26)/i/hD2. The Bertz CT molecular complexity index is 912. The Hall–Kier alpha value is -3.00. The first kappa shape index (κ1) is 19.3. The molecule has 8 heteroatoms. The number of nitrogens with one attached hydrogen (secondary N) is 1. The van der Waals surface area contributed by atoms with Crippen LogP contribution in [-0.2, 0) is 25.5 Å². The number of amides is 1. The highest BCUT2D eigenvalue weighted by molar-refractivity contribution is 8.13. The van der Waals surface area contributed by atoms with Crippen LogP contribution in [0.1, 0.15) is 24.1 Å². The maximum absolute atomic E-state index is 13.1. The van der Waals surface area contributed by atoms with E-state index in [-0.39, 0.29) is 22.4 Å². The van der Waals surface area contributed by atoms with Crippen LogP contribution in [0, 0.1) is 5.92 Å². The molecule has 0 fully saturated rings. The monoisotopic (exact) mass is 419 g/mol. The van der Waals surface area contributed by atoms with Crippen molar-refractivity contribution >= 4 is 28.8 Å². The van der Waals surface area contributed by atoms with Gasteiger partial charge < -0.3 is 20.3 Å². The van der Waals surface area contributed by atoms with Gasteiger partial charge in [-0.3, -0.25) is 9.59 Å². The molecule has 2 atom stereocenters. The Morgan fingerprint density at radius 2 is 1.86 bits per heavy atom. The Kier molecular flexibility index (Phi) is 7.01. The van der Waals surface area contributed by atoms with Crippen LogP contribution < -0.4 is 5.32 Å². The normalized spacial score (nSPS) is 13.3. The summed E-state index contributed by atoms with van der Waals surface area (Å²) in [6.07, 6.45) is 0.382. The number of carbonyl (C=O) groups excluding carboxylic acids is 3. The van der Waals surface area contributed by atoms with E-state index in [1.54, 1.807) is 0 Å². The van der Waals surface area contributed by atoms with Gasteiger partial charge in [0.2, 0.25) is 5.91 Å². The van der Waals surface area contributed by atoms with Gasteiger partial charge >= 0.3 is 5.97 Å². The van der Waals surface area contributed by atoms with Crippen LogP contribution in [0.25, 0.3) is 0 Å². The van der Waals surface area contributed by atoms with E-state index in [9.17, 15) is 14.4 Å². The van der Waals surface area contributed by atoms with E-state index < -0.39 is 23.8 Å². The second-order valence-corrected chi connectivity index (χ2v) is 7.56. The molecule has 0 aliphatic rings. The molecule has 2 aromatic rings. The zero-order chi connectivity index (χ0) is 22.8. The van der Waals surface area contributed by atoms with Gasteiger partial charge in [0.1, 0.15) is 0 Å². The number of hydrogen-bond acceptors (Lipinski definition) is 7. The lowest BCUT2D eigenvalue weighted by atomic mass is 9.99. The number of aromatic hydroxyl groups is 2. The molecule has 0 saturated heterocycles. The van der Waals surface area contributed by atoms with Gasteiger partial charge in [0.25, 0.3) is 2.86 Å². The van der Waals surface area contributed by atoms with Crippen LogP contribution in [0.5, 0.6) is 11.5 Å². The molecule has 0 bridgehead atoms. The molecular weight excluding hydrogens is 394 g/mol. The number of esters is 1. The van der Waals surface area contributed by atoms with Crippen molar-refractivity contribution in [3.63, 3.8) is 0 Å². The van der Waals surface area contributed by atoms with E-state index in [2.05, 4.69) is 15.5 Å². The van der Waals surface area contributed by atoms with Crippen LogP contribution in [0.4, 0.5) is 0 Å². The third kappa shape index (κ3) is 6.53. The van der Waals surface area contributed by atoms with E-state index in [4.69, 9.17) is 7.60 Å². The third-order valence-corrected chi connectivity index (χ3v) is 5.18. The van der Waals surface area contributed by atoms with Crippen molar-refractivity contribution in [1.82, 2.24) is 5.32 Å². The number of rotatable bonds is 10. The van der Waals surface area contributed by atoms with Crippen molar-refractivity contribution in [3.8, 4) is 11.5 Å². The lowest BCUT2D eigenvalue weighted by Crippen LogP contribution is -2.40. The van der Waals surface area contributed by atoms with E-state index in [0.717, 1.165) is 17.3 Å². The predicted octanol–water partition coefficient (Wildman–Crippen LogP) is 2.57.